The van der Waals surface area contributed by atoms with Gasteiger partial charge in [0.2, 0.25) is 10.0 Å². The topological polar surface area (TPSA) is 118 Å². The maximum absolute atomic E-state index is 11.8. The highest BCUT2D eigenvalue weighted by Crippen LogP contribution is 2.24. The van der Waals surface area contributed by atoms with E-state index in [1.807, 2.05) is 0 Å². The Hall–Kier alpha value is -1.16. The molecule has 0 radical (unpaired) electrons. The molecule has 9 heteroatoms. The molecule has 0 unspecified atom stereocenters. The van der Waals surface area contributed by atoms with Crippen LogP contribution in [0.15, 0.2) is 23.1 Å². The van der Waals surface area contributed by atoms with Gasteiger partial charge in [0.15, 0.2) is 0 Å². The number of hydrogen-bond acceptors (Lipinski definition) is 4. The second-order valence-electron chi connectivity index (χ2n) is 4.47. The van der Waals surface area contributed by atoms with Gasteiger partial charge in [0.05, 0.1) is 10.6 Å². The van der Waals surface area contributed by atoms with Crippen molar-refractivity contribution in [1.82, 2.24) is 4.72 Å². The van der Waals surface area contributed by atoms with Crippen LogP contribution < -0.4 is 14.6 Å². The highest BCUT2D eigenvalue weighted by Gasteiger charge is 2.27. The smallest absolute Gasteiger partial charge is 0.271 e. The summed E-state index contributed by atoms with van der Waals surface area (Å²) >= 11 is 0. The average molecular weight is 305 g/mol. The molecular weight excluding hydrogens is 290 g/mol. The first-order valence-corrected chi connectivity index (χ1v) is 8.64. The van der Waals surface area contributed by atoms with E-state index in [2.05, 4.69) is 9.44 Å². The minimum atomic E-state index is -3.88. The molecule has 0 saturated heterocycles. The standard InChI is InChI=1S/C10H15N3O4S2/c1-7-9(3-2-4-10(7)18(11,14)15)13-19(16,17)12-8-5-6-8/h2-4,8,12-13H,5-6H2,1H3,(H2,11,14,15). The zero-order valence-corrected chi connectivity index (χ0v) is 11.9. The molecule has 0 amide bonds. The van der Waals surface area contributed by atoms with Crippen molar-refractivity contribution in [2.24, 2.45) is 5.14 Å². The van der Waals surface area contributed by atoms with Crippen LogP contribution in [0.3, 0.4) is 0 Å². The lowest BCUT2D eigenvalue weighted by Gasteiger charge is -2.13. The summed E-state index contributed by atoms with van der Waals surface area (Å²) in [7, 11) is -7.57. The highest BCUT2D eigenvalue weighted by atomic mass is 32.2. The molecule has 2 rings (SSSR count). The van der Waals surface area contributed by atoms with Gasteiger partial charge in [-0.05, 0) is 37.5 Å². The van der Waals surface area contributed by atoms with Crippen LogP contribution in [0.5, 0.6) is 0 Å². The van der Waals surface area contributed by atoms with Crippen LogP contribution in [0.25, 0.3) is 0 Å². The number of benzene rings is 1. The van der Waals surface area contributed by atoms with Gasteiger partial charge in [-0.25, -0.2) is 13.6 Å². The molecule has 1 aromatic rings. The van der Waals surface area contributed by atoms with Crippen molar-refractivity contribution >= 4 is 25.9 Å². The van der Waals surface area contributed by atoms with Gasteiger partial charge in [-0.1, -0.05) is 6.07 Å². The van der Waals surface area contributed by atoms with Crippen molar-refractivity contribution in [3.8, 4) is 0 Å². The third-order valence-electron chi connectivity index (χ3n) is 2.73. The molecule has 0 aromatic heterocycles. The number of primary sulfonamides is 1. The van der Waals surface area contributed by atoms with Gasteiger partial charge < -0.3 is 0 Å². The van der Waals surface area contributed by atoms with E-state index in [4.69, 9.17) is 5.14 Å². The van der Waals surface area contributed by atoms with Gasteiger partial charge in [-0.2, -0.15) is 13.1 Å². The van der Waals surface area contributed by atoms with E-state index in [0.717, 1.165) is 12.8 Å². The third kappa shape index (κ3) is 3.66. The predicted molar refractivity (Wildman–Crippen MR) is 71.3 cm³/mol. The number of anilines is 1. The van der Waals surface area contributed by atoms with Crippen molar-refractivity contribution < 1.29 is 16.8 Å². The van der Waals surface area contributed by atoms with Crippen molar-refractivity contribution in [1.29, 1.82) is 0 Å². The summed E-state index contributed by atoms with van der Waals surface area (Å²) in [6.45, 7) is 1.49. The van der Waals surface area contributed by atoms with Crippen LogP contribution in [0, 0.1) is 6.92 Å². The molecule has 1 aromatic carbocycles. The maximum atomic E-state index is 11.8. The Morgan fingerprint density at radius 3 is 2.37 bits per heavy atom. The molecule has 0 heterocycles. The summed E-state index contributed by atoms with van der Waals surface area (Å²) in [4.78, 5) is -0.0980. The van der Waals surface area contributed by atoms with Crippen LogP contribution >= 0.6 is 0 Å². The number of nitrogens with two attached hydrogens (primary N) is 1. The Labute approximate surface area is 112 Å². The quantitative estimate of drug-likeness (QED) is 0.712. The summed E-state index contributed by atoms with van der Waals surface area (Å²) in [5, 5.41) is 5.06. The van der Waals surface area contributed by atoms with Gasteiger partial charge in [0.1, 0.15) is 0 Å². The molecule has 7 nitrogen and oxygen atoms in total. The zero-order chi connectivity index (χ0) is 14.3. The summed E-state index contributed by atoms with van der Waals surface area (Å²) < 4.78 is 51.0. The van der Waals surface area contributed by atoms with Crippen molar-refractivity contribution in [3.05, 3.63) is 23.8 Å². The van der Waals surface area contributed by atoms with Gasteiger partial charge in [-0.15, -0.1) is 0 Å². The van der Waals surface area contributed by atoms with Crippen LogP contribution in [-0.2, 0) is 20.2 Å². The largest absolute Gasteiger partial charge is 0.299 e. The van der Waals surface area contributed by atoms with E-state index in [1.165, 1.54) is 25.1 Å². The van der Waals surface area contributed by atoms with Gasteiger partial charge in [0, 0.05) is 6.04 Å². The Bertz CT molecular complexity index is 693. The lowest BCUT2D eigenvalue weighted by Crippen LogP contribution is -2.32. The predicted octanol–water partition coefficient (Wildman–Crippen LogP) is 0.0511. The molecule has 0 bridgehead atoms. The second-order valence-corrected chi connectivity index (χ2v) is 7.45. The number of hydrogen-bond donors (Lipinski definition) is 3. The molecule has 1 saturated carbocycles. The molecule has 1 aliphatic carbocycles. The maximum Gasteiger partial charge on any atom is 0.299 e. The monoisotopic (exact) mass is 305 g/mol. The van der Waals surface area contributed by atoms with Crippen LogP contribution in [0.4, 0.5) is 5.69 Å². The van der Waals surface area contributed by atoms with E-state index in [1.54, 1.807) is 0 Å². The summed E-state index contributed by atoms with van der Waals surface area (Å²) in [6.07, 6.45) is 1.63. The Kier molecular flexibility index (Phi) is 3.56. The lowest BCUT2D eigenvalue weighted by molar-refractivity contribution is 0.586. The molecule has 0 spiro atoms. The second kappa shape index (κ2) is 4.75. The molecule has 1 aliphatic rings. The Morgan fingerprint density at radius 2 is 1.84 bits per heavy atom. The molecule has 19 heavy (non-hydrogen) atoms. The molecule has 106 valence electrons. The zero-order valence-electron chi connectivity index (χ0n) is 10.3. The Balaban J connectivity index is 2.31. The molecule has 1 fully saturated rings. The average Bonchev–Trinajstić information content (AvgIpc) is 3.02. The number of sulfonamides is 1. The molecule has 4 N–H and O–H groups in total. The van der Waals surface area contributed by atoms with Crippen molar-refractivity contribution in [2.45, 2.75) is 30.7 Å². The number of nitrogens with one attached hydrogen (secondary N) is 2. The van der Waals surface area contributed by atoms with E-state index >= 15 is 0 Å². The first-order chi connectivity index (χ1) is 8.69. The summed E-state index contributed by atoms with van der Waals surface area (Å²) in [6, 6.07) is 4.22. The summed E-state index contributed by atoms with van der Waals surface area (Å²) in [5.74, 6) is 0. The third-order valence-corrected chi connectivity index (χ3v) is 4.92. The van der Waals surface area contributed by atoms with Gasteiger partial charge in [-0.3, -0.25) is 4.72 Å². The lowest BCUT2D eigenvalue weighted by atomic mass is 10.2. The summed E-state index contributed by atoms with van der Waals surface area (Å²) in [5.41, 5.74) is 0.464. The van der Waals surface area contributed by atoms with E-state index in [9.17, 15) is 16.8 Å². The Morgan fingerprint density at radius 1 is 1.21 bits per heavy atom. The van der Waals surface area contributed by atoms with Crippen LogP contribution in [0.1, 0.15) is 18.4 Å². The molecule has 0 atom stereocenters. The van der Waals surface area contributed by atoms with Gasteiger partial charge >= 0.3 is 0 Å². The van der Waals surface area contributed by atoms with E-state index in [-0.39, 0.29) is 22.2 Å². The normalized spacial score (nSPS) is 16.3. The molecule has 0 aliphatic heterocycles. The SMILES string of the molecule is Cc1c(NS(=O)(=O)NC2CC2)cccc1S(N)(=O)=O. The van der Waals surface area contributed by atoms with Crippen molar-refractivity contribution in [3.63, 3.8) is 0 Å². The minimum Gasteiger partial charge on any atom is -0.271 e. The van der Waals surface area contributed by atoms with Gasteiger partial charge in [0.25, 0.3) is 10.2 Å². The van der Waals surface area contributed by atoms with E-state index in [0.29, 0.717) is 0 Å². The molecular formula is C10H15N3O4S2. The fourth-order valence-electron chi connectivity index (χ4n) is 1.63. The van der Waals surface area contributed by atoms with Crippen molar-refractivity contribution in [2.75, 3.05) is 4.72 Å². The van der Waals surface area contributed by atoms with E-state index < -0.39 is 20.2 Å². The van der Waals surface area contributed by atoms with Crippen LogP contribution in [-0.4, -0.2) is 22.9 Å². The minimum absolute atomic E-state index is 0.0285. The fraction of sp³-hybridized carbons (Fsp3) is 0.400. The number of rotatable bonds is 5. The fourth-order valence-corrected chi connectivity index (χ4v) is 3.68. The highest BCUT2D eigenvalue weighted by molar-refractivity contribution is 7.90. The van der Waals surface area contributed by atoms with Crippen LogP contribution in [0.2, 0.25) is 0 Å². The first kappa shape index (κ1) is 14.3. The first-order valence-electron chi connectivity index (χ1n) is 5.61.